The molecule has 2 nitrogen and oxygen atoms in total. The van der Waals surface area contributed by atoms with Crippen molar-refractivity contribution in [2.75, 3.05) is 0 Å². The molecule has 0 aliphatic rings. The molecule has 1 amide bonds. The summed E-state index contributed by atoms with van der Waals surface area (Å²) in [4.78, 5) is 12.4. The maximum atomic E-state index is 11.2. The van der Waals surface area contributed by atoms with Gasteiger partial charge >= 0.3 is 0 Å². The van der Waals surface area contributed by atoms with Crippen LogP contribution in [-0.2, 0) is 11.3 Å². The Bertz CT molecular complexity index is 317. The normalized spacial score (nSPS) is 9.79. The highest BCUT2D eigenvalue weighted by Crippen LogP contribution is 2.12. The predicted molar refractivity (Wildman–Crippen MR) is 60.3 cm³/mol. The van der Waals surface area contributed by atoms with E-state index in [-0.39, 0.29) is 5.91 Å². The van der Waals surface area contributed by atoms with Crippen molar-refractivity contribution >= 4 is 17.2 Å². The van der Waals surface area contributed by atoms with Gasteiger partial charge in [0.15, 0.2) is 0 Å². The van der Waals surface area contributed by atoms with Gasteiger partial charge in [-0.05, 0) is 30.4 Å². The molecule has 0 aromatic carbocycles. The summed E-state index contributed by atoms with van der Waals surface area (Å²) < 4.78 is 0. The molecule has 1 rings (SSSR count). The van der Waals surface area contributed by atoms with Crippen molar-refractivity contribution < 1.29 is 4.79 Å². The first-order valence-electron chi connectivity index (χ1n) is 4.64. The van der Waals surface area contributed by atoms with E-state index in [2.05, 4.69) is 30.3 Å². The van der Waals surface area contributed by atoms with E-state index in [9.17, 15) is 4.79 Å². The van der Waals surface area contributed by atoms with Gasteiger partial charge in [0.2, 0.25) is 5.91 Å². The zero-order valence-electron chi connectivity index (χ0n) is 8.38. The molecule has 0 aliphatic heterocycles. The summed E-state index contributed by atoms with van der Waals surface area (Å²) in [7, 11) is 0. The molecule has 1 N–H and O–H groups in total. The van der Waals surface area contributed by atoms with Gasteiger partial charge in [-0.1, -0.05) is 6.08 Å². The minimum absolute atomic E-state index is 0.0935. The van der Waals surface area contributed by atoms with E-state index in [1.165, 1.54) is 10.4 Å². The van der Waals surface area contributed by atoms with Crippen molar-refractivity contribution in [3.63, 3.8) is 0 Å². The zero-order valence-corrected chi connectivity index (χ0v) is 9.19. The van der Waals surface area contributed by atoms with Crippen LogP contribution in [0.5, 0.6) is 0 Å². The number of rotatable bonds is 5. The van der Waals surface area contributed by atoms with Crippen molar-refractivity contribution in [1.82, 2.24) is 5.32 Å². The van der Waals surface area contributed by atoms with Crippen LogP contribution >= 0.6 is 11.3 Å². The molecule has 3 heteroatoms. The lowest BCUT2D eigenvalue weighted by molar-refractivity contribution is -0.121. The van der Waals surface area contributed by atoms with Crippen LogP contribution < -0.4 is 5.32 Å². The molecular formula is C11H15NOS. The van der Waals surface area contributed by atoms with Crippen LogP contribution in [0, 0.1) is 6.92 Å². The predicted octanol–water partition coefficient (Wildman–Crippen LogP) is 2.64. The second-order valence-corrected chi connectivity index (χ2v) is 4.19. The smallest absolute Gasteiger partial charge is 0.220 e. The van der Waals surface area contributed by atoms with E-state index in [0.717, 1.165) is 6.42 Å². The van der Waals surface area contributed by atoms with Crippen molar-refractivity contribution in [3.05, 3.63) is 34.5 Å². The summed E-state index contributed by atoms with van der Waals surface area (Å²) in [5, 5.41) is 4.96. The highest BCUT2D eigenvalue weighted by Gasteiger charge is 2.00. The largest absolute Gasteiger partial charge is 0.351 e. The fraction of sp³-hybridized carbons (Fsp3) is 0.364. The summed E-state index contributed by atoms with van der Waals surface area (Å²) in [5.41, 5.74) is 1.25. The van der Waals surface area contributed by atoms with E-state index >= 15 is 0 Å². The first kappa shape index (κ1) is 11.0. The number of hydrogen-bond donors (Lipinski definition) is 1. The molecular weight excluding hydrogens is 194 g/mol. The minimum Gasteiger partial charge on any atom is -0.351 e. The molecule has 0 bridgehead atoms. The topological polar surface area (TPSA) is 29.1 Å². The maximum absolute atomic E-state index is 11.2. The van der Waals surface area contributed by atoms with Crippen LogP contribution in [0.15, 0.2) is 24.1 Å². The third kappa shape index (κ3) is 3.75. The SMILES string of the molecule is C=CCCC(=O)NCc1cc(C)cs1. The number of carbonyl (C=O) groups excluding carboxylic acids is 1. The molecule has 1 aromatic rings. The summed E-state index contributed by atoms with van der Waals surface area (Å²) in [5.74, 6) is 0.0935. The lowest BCUT2D eigenvalue weighted by Gasteiger charge is -2.01. The Morgan fingerprint density at radius 3 is 3.07 bits per heavy atom. The highest BCUT2D eigenvalue weighted by atomic mass is 32.1. The van der Waals surface area contributed by atoms with Crippen molar-refractivity contribution in [1.29, 1.82) is 0 Å². The van der Waals surface area contributed by atoms with E-state index in [1.807, 2.05) is 0 Å². The van der Waals surface area contributed by atoms with E-state index < -0.39 is 0 Å². The van der Waals surface area contributed by atoms with Gasteiger partial charge in [-0.15, -0.1) is 17.9 Å². The summed E-state index contributed by atoms with van der Waals surface area (Å²) in [6, 6.07) is 2.10. The van der Waals surface area contributed by atoms with E-state index in [0.29, 0.717) is 13.0 Å². The zero-order chi connectivity index (χ0) is 10.4. The Morgan fingerprint density at radius 2 is 2.50 bits per heavy atom. The van der Waals surface area contributed by atoms with Crippen molar-refractivity contribution in [3.8, 4) is 0 Å². The Kier molecular flexibility index (Phi) is 4.40. The molecule has 0 atom stereocenters. The van der Waals surface area contributed by atoms with Gasteiger partial charge in [-0.3, -0.25) is 4.79 Å². The fourth-order valence-corrected chi connectivity index (χ4v) is 1.91. The second kappa shape index (κ2) is 5.60. The van der Waals surface area contributed by atoms with Gasteiger partial charge in [-0.25, -0.2) is 0 Å². The molecule has 76 valence electrons. The molecule has 0 unspecified atom stereocenters. The van der Waals surface area contributed by atoms with Crippen LogP contribution in [0.25, 0.3) is 0 Å². The fourth-order valence-electron chi connectivity index (χ4n) is 1.09. The Labute approximate surface area is 88.6 Å². The average molecular weight is 209 g/mol. The Morgan fingerprint density at radius 1 is 1.71 bits per heavy atom. The lowest BCUT2D eigenvalue weighted by Crippen LogP contribution is -2.21. The average Bonchev–Trinajstić information content (AvgIpc) is 2.58. The van der Waals surface area contributed by atoms with Crippen molar-refractivity contribution in [2.24, 2.45) is 0 Å². The highest BCUT2D eigenvalue weighted by molar-refractivity contribution is 7.10. The third-order valence-electron chi connectivity index (χ3n) is 1.82. The maximum Gasteiger partial charge on any atom is 0.220 e. The summed E-state index contributed by atoms with van der Waals surface area (Å²) >= 11 is 1.68. The molecule has 0 saturated carbocycles. The van der Waals surface area contributed by atoms with Crippen LogP contribution in [0.2, 0.25) is 0 Å². The molecule has 14 heavy (non-hydrogen) atoms. The number of hydrogen-bond acceptors (Lipinski definition) is 2. The lowest BCUT2D eigenvalue weighted by atomic mass is 10.3. The molecule has 1 heterocycles. The van der Waals surface area contributed by atoms with Gasteiger partial charge in [-0.2, -0.15) is 0 Å². The van der Waals surface area contributed by atoms with Crippen LogP contribution in [0.1, 0.15) is 23.3 Å². The third-order valence-corrected chi connectivity index (χ3v) is 2.87. The molecule has 0 aliphatic carbocycles. The van der Waals surface area contributed by atoms with Crippen LogP contribution in [-0.4, -0.2) is 5.91 Å². The van der Waals surface area contributed by atoms with E-state index in [4.69, 9.17) is 0 Å². The molecule has 0 radical (unpaired) electrons. The van der Waals surface area contributed by atoms with Crippen molar-refractivity contribution in [2.45, 2.75) is 26.3 Å². The molecule has 0 fully saturated rings. The first-order chi connectivity index (χ1) is 6.72. The van der Waals surface area contributed by atoms with Gasteiger partial charge in [0.25, 0.3) is 0 Å². The molecule has 0 spiro atoms. The number of amides is 1. The van der Waals surface area contributed by atoms with Crippen LogP contribution in [0.4, 0.5) is 0 Å². The van der Waals surface area contributed by atoms with Gasteiger partial charge < -0.3 is 5.32 Å². The number of thiophene rings is 1. The number of nitrogens with one attached hydrogen (secondary N) is 1. The Hall–Kier alpha value is -1.09. The summed E-state index contributed by atoms with van der Waals surface area (Å²) in [6.07, 6.45) is 3.04. The number of aryl methyl sites for hydroxylation is 1. The second-order valence-electron chi connectivity index (χ2n) is 3.19. The Balaban J connectivity index is 2.26. The minimum atomic E-state index is 0.0935. The monoisotopic (exact) mass is 209 g/mol. The van der Waals surface area contributed by atoms with Gasteiger partial charge in [0.05, 0.1) is 6.54 Å². The number of carbonyl (C=O) groups is 1. The van der Waals surface area contributed by atoms with Gasteiger partial charge in [0, 0.05) is 11.3 Å². The van der Waals surface area contributed by atoms with Crippen LogP contribution in [0.3, 0.4) is 0 Å². The summed E-state index contributed by atoms with van der Waals surface area (Å²) in [6.45, 7) is 6.28. The first-order valence-corrected chi connectivity index (χ1v) is 5.52. The standard InChI is InChI=1S/C11H15NOS/c1-3-4-5-11(13)12-7-10-6-9(2)8-14-10/h3,6,8H,1,4-5,7H2,2H3,(H,12,13). The van der Waals surface area contributed by atoms with Gasteiger partial charge in [0.1, 0.15) is 0 Å². The van der Waals surface area contributed by atoms with E-state index in [1.54, 1.807) is 17.4 Å². The quantitative estimate of drug-likeness (QED) is 0.742. The molecule has 1 aromatic heterocycles. The number of allylic oxidation sites excluding steroid dienone is 1. The molecule has 0 saturated heterocycles.